The maximum absolute atomic E-state index is 14.6. The standard InChI is InChI=1S/C27H31F5N4O5/c1-13-20(15-6-7-16(28)21(29)22(15)40-5)23(41-26(13,2)27(30,31)32)24(37)35-14-8-9-34-17(10-14)25(38)36(3)18-11-33-12-19(18)39-4/h6-10,13,18-20,23,33H,11-12H2,1-5H3,(H,34,35,37)/t13-,18-,19-,20-,23+,26+/m0/s1. The second-order valence-corrected chi connectivity index (χ2v) is 10.3. The Balaban J connectivity index is 1.64. The molecule has 2 aliphatic rings. The van der Waals surface area contributed by atoms with Crippen LogP contribution in [0.3, 0.4) is 0 Å². The van der Waals surface area contributed by atoms with Gasteiger partial charge in [0.05, 0.1) is 19.3 Å². The molecule has 3 heterocycles. The second kappa shape index (κ2) is 11.5. The number of anilines is 1. The number of alkyl halides is 3. The molecule has 4 rings (SSSR count). The highest BCUT2D eigenvalue weighted by Gasteiger charge is 2.66. The van der Waals surface area contributed by atoms with Crippen molar-refractivity contribution in [2.24, 2.45) is 5.92 Å². The first kappa shape index (κ1) is 30.6. The van der Waals surface area contributed by atoms with Crippen LogP contribution >= 0.6 is 0 Å². The summed E-state index contributed by atoms with van der Waals surface area (Å²) < 4.78 is 86.8. The van der Waals surface area contributed by atoms with Crippen molar-refractivity contribution in [3.63, 3.8) is 0 Å². The normalized spacial score (nSPS) is 28.0. The van der Waals surface area contributed by atoms with E-state index in [2.05, 4.69) is 15.6 Å². The van der Waals surface area contributed by atoms with Crippen LogP contribution in [-0.2, 0) is 14.3 Å². The topological polar surface area (TPSA) is 102 Å². The molecule has 2 aliphatic heterocycles. The lowest BCUT2D eigenvalue weighted by molar-refractivity contribution is -0.272. The van der Waals surface area contributed by atoms with Gasteiger partial charge < -0.3 is 29.7 Å². The Hall–Kier alpha value is -3.36. The van der Waals surface area contributed by atoms with E-state index in [0.717, 1.165) is 26.2 Å². The summed E-state index contributed by atoms with van der Waals surface area (Å²) in [5.41, 5.74) is -2.91. The van der Waals surface area contributed by atoms with E-state index in [1.807, 2.05) is 0 Å². The van der Waals surface area contributed by atoms with E-state index in [-0.39, 0.29) is 29.1 Å². The van der Waals surface area contributed by atoms with Gasteiger partial charge in [-0.1, -0.05) is 13.0 Å². The van der Waals surface area contributed by atoms with Crippen molar-refractivity contribution in [1.82, 2.24) is 15.2 Å². The number of likely N-dealkylation sites (N-methyl/N-ethyl adjacent to an activating group) is 1. The third-order valence-electron chi connectivity index (χ3n) is 8.07. The van der Waals surface area contributed by atoms with E-state index in [9.17, 15) is 31.5 Å². The Morgan fingerprint density at radius 3 is 2.54 bits per heavy atom. The molecule has 14 heteroatoms. The van der Waals surface area contributed by atoms with Crippen molar-refractivity contribution in [2.45, 2.75) is 49.8 Å². The van der Waals surface area contributed by atoms with Gasteiger partial charge in [-0.05, 0) is 25.1 Å². The van der Waals surface area contributed by atoms with E-state index in [1.165, 1.54) is 37.3 Å². The summed E-state index contributed by atoms with van der Waals surface area (Å²) >= 11 is 0. The average Bonchev–Trinajstić information content (AvgIpc) is 3.52. The van der Waals surface area contributed by atoms with Crippen LogP contribution in [0.2, 0.25) is 0 Å². The third kappa shape index (κ3) is 5.47. The lowest BCUT2D eigenvalue weighted by atomic mass is 9.77. The van der Waals surface area contributed by atoms with Gasteiger partial charge in [0.1, 0.15) is 11.8 Å². The zero-order valence-corrected chi connectivity index (χ0v) is 23.0. The first-order chi connectivity index (χ1) is 19.2. The summed E-state index contributed by atoms with van der Waals surface area (Å²) in [6, 6.07) is 4.21. The van der Waals surface area contributed by atoms with Gasteiger partial charge in [0.2, 0.25) is 5.82 Å². The Bertz CT molecular complexity index is 1310. The molecule has 0 aliphatic carbocycles. The maximum atomic E-state index is 14.6. The predicted molar refractivity (Wildman–Crippen MR) is 137 cm³/mol. The molecule has 2 fully saturated rings. The molecule has 224 valence electrons. The molecule has 0 bridgehead atoms. The fourth-order valence-electron chi connectivity index (χ4n) is 5.48. The Morgan fingerprint density at radius 2 is 1.90 bits per heavy atom. The smallest absolute Gasteiger partial charge is 0.417 e. The Morgan fingerprint density at radius 1 is 1.20 bits per heavy atom. The predicted octanol–water partition coefficient (Wildman–Crippen LogP) is 3.51. The van der Waals surface area contributed by atoms with Crippen molar-refractivity contribution in [3.8, 4) is 5.75 Å². The molecule has 2 amide bonds. The van der Waals surface area contributed by atoms with Gasteiger partial charge in [-0.15, -0.1) is 0 Å². The quantitative estimate of drug-likeness (QED) is 0.479. The number of carbonyl (C=O) groups is 2. The van der Waals surface area contributed by atoms with E-state index >= 15 is 0 Å². The molecule has 0 unspecified atom stereocenters. The van der Waals surface area contributed by atoms with Crippen LogP contribution in [0.25, 0.3) is 0 Å². The largest absolute Gasteiger partial charge is 0.493 e. The third-order valence-corrected chi connectivity index (χ3v) is 8.07. The van der Waals surface area contributed by atoms with Gasteiger partial charge in [0, 0.05) is 56.5 Å². The molecule has 2 N–H and O–H groups in total. The first-order valence-corrected chi connectivity index (χ1v) is 12.8. The number of nitrogens with zero attached hydrogens (tertiary/aromatic N) is 2. The monoisotopic (exact) mass is 586 g/mol. The minimum absolute atomic E-state index is 0.0216. The summed E-state index contributed by atoms with van der Waals surface area (Å²) in [6.45, 7) is 3.08. The molecule has 2 aromatic rings. The van der Waals surface area contributed by atoms with Gasteiger partial charge in [0.15, 0.2) is 17.2 Å². The summed E-state index contributed by atoms with van der Waals surface area (Å²) in [5.74, 6) is -7.51. The highest BCUT2D eigenvalue weighted by molar-refractivity contribution is 5.98. The van der Waals surface area contributed by atoms with Crippen LogP contribution in [0.1, 0.15) is 35.8 Å². The number of ether oxygens (including phenoxy) is 3. The van der Waals surface area contributed by atoms with Crippen LogP contribution < -0.4 is 15.4 Å². The van der Waals surface area contributed by atoms with Gasteiger partial charge in [-0.25, -0.2) is 4.39 Å². The number of pyridine rings is 1. The van der Waals surface area contributed by atoms with Crippen LogP contribution in [0, 0.1) is 17.6 Å². The van der Waals surface area contributed by atoms with Crippen LogP contribution in [0.4, 0.5) is 27.6 Å². The number of benzene rings is 1. The van der Waals surface area contributed by atoms with Crippen molar-refractivity contribution in [1.29, 1.82) is 0 Å². The zero-order valence-electron chi connectivity index (χ0n) is 23.0. The summed E-state index contributed by atoms with van der Waals surface area (Å²) in [6.07, 6.45) is -5.65. The van der Waals surface area contributed by atoms with Crippen molar-refractivity contribution >= 4 is 17.5 Å². The summed E-state index contributed by atoms with van der Waals surface area (Å²) in [7, 11) is 4.17. The lowest BCUT2D eigenvalue weighted by Gasteiger charge is -2.32. The number of carbonyl (C=O) groups excluding carboxylic acids is 2. The summed E-state index contributed by atoms with van der Waals surface area (Å²) in [5, 5.41) is 5.63. The molecule has 0 radical (unpaired) electrons. The number of rotatable bonds is 7. The van der Waals surface area contributed by atoms with Gasteiger partial charge in [-0.2, -0.15) is 17.6 Å². The molecular weight excluding hydrogens is 555 g/mol. The highest BCUT2D eigenvalue weighted by Crippen LogP contribution is 2.55. The van der Waals surface area contributed by atoms with E-state index in [1.54, 1.807) is 7.05 Å². The highest BCUT2D eigenvalue weighted by atomic mass is 19.4. The number of hydrogen-bond donors (Lipinski definition) is 2. The number of aromatic nitrogens is 1. The second-order valence-electron chi connectivity index (χ2n) is 10.3. The average molecular weight is 587 g/mol. The fraction of sp³-hybridized carbons (Fsp3) is 0.519. The minimum Gasteiger partial charge on any atom is -0.493 e. The van der Waals surface area contributed by atoms with Crippen LogP contribution in [0.15, 0.2) is 30.5 Å². The van der Waals surface area contributed by atoms with E-state index in [0.29, 0.717) is 13.1 Å². The van der Waals surface area contributed by atoms with Crippen molar-refractivity contribution in [2.75, 3.05) is 39.7 Å². The number of amides is 2. The Labute approximate surface area is 233 Å². The van der Waals surface area contributed by atoms with E-state index in [4.69, 9.17) is 14.2 Å². The van der Waals surface area contributed by atoms with Gasteiger partial charge >= 0.3 is 6.18 Å². The van der Waals surface area contributed by atoms with Crippen LogP contribution in [-0.4, -0.2) is 86.1 Å². The molecule has 0 spiro atoms. The number of nitrogens with one attached hydrogen (secondary N) is 2. The van der Waals surface area contributed by atoms with Crippen LogP contribution in [0.5, 0.6) is 5.75 Å². The molecule has 2 saturated heterocycles. The molecule has 41 heavy (non-hydrogen) atoms. The first-order valence-electron chi connectivity index (χ1n) is 12.8. The number of methoxy groups -OCH3 is 2. The molecule has 9 nitrogen and oxygen atoms in total. The van der Waals surface area contributed by atoms with Crippen molar-refractivity contribution < 1.29 is 45.8 Å². The van der Waals surface area contributed by atoms with Gasteiger partial charge in [0.25, 0.3) is 11.8 Å². The maximum Gasteiger partial charge on any atom is 0.417 e. The summed E-state index contributed by atoms with van der Waals surface area (Å²) in [4.78, 5) is 32.1. The molecule has 6 atom stereocenters. The molecule has 0 saturated carbocycles. The molecule has 1 aromatic heterocycles. The zero-order chi connectivity index (χ0) is 30.3. The molecular formula is C27H31F5N4O5. The number of halogens is 5. The lowest BCUT2D eigenvalue weighted by Crippen LogP contribution is -2.47. The minimum atomic E-state index is -4.90. The van der Waals surface area contributed by atoms with Gasteiger partial charge in [-0.3, -0.25) is 14.6 Å². The number of hydrogen-bond acceptors (Lipinski definition) is 7. The SMILES string of the molecule is COc1c([C@H]2[C@H](C(=O)Nc3ccnc(C(=O)N(C)[C@H]4CNC[C@@H]4OC)c3)O[C@@](C)(C(F)(F)F)[C@H]2C)ccc(F)c1F. The fourth-order valence-corrected chi connectivity index (χ4v) is 5.48. The Kier molecular flexibility index (Phi) is 8.58. The van der Waals surface area contributed by atoms with E-state index < -0.39 is 58.9 Å². The van der Waals surface area contributed by atoms with Crippen molar-refractivity contribution in [3.05, 3.63) is 53.4 Å². The molecule has 1 aromatic carbocycles.